The summed E-state index contributed by atoms with van der Waals surface area (Å²) in [6, 6.07) is -0.307. The summed E-state index contributed by atoms with van der Waals surface area (Å²) in [7, 11) is 2.10. The van der Waals surface area contributed by atoms with Gasteiger partial charge in [0, 0.05) is 37.2 Å². The summed E-state index contributed by atoms with van der Waals surface area (Å²) in [6.07, 6.45) is 5.09. The minimum atomic E-state index is -0.916. The van der Waals surface area contributed by atoms with Gasteiger partial charge in [-0.1, -0.05) is 12.8 Å². The summed E-state index contributed by atoms with van der Waals surface area (Å²) in [5, 5.41) is 12.0. The van der Waals surface area contributed by atoms with Crippen molar-refractivity contribution in [3.63, 3.8) is 0 Å². The summed E-state index contributed by atoms with van der Waals surface area (Å²) in [5.74, 6) is 0.365. The Balaban J connectivity index is 1.74. The Labute approximate surface area is 130 Å². The number of carbonyl (C=O) groups is 2. The van der Waals surface area contributed by atoms with Gasteiger partial charge in [0.25, 0.3) is 0 Å². The summed E-state index contributed by atoms with van der Waals surface area (Å²) >= 11 is 1.59. The molecule has 2 amide bonds. The van der Waals surface area contributed by atoms with Crippen molar-refractivity contribution in [1.29, 1.82) is 0 Å². The number of nitrogens with zero attached hydrogens (tertiary/aromatic N) is 2. The van der Waals surface area contributed by atoms with Gasteiger partial charge in [0.15, 0.2) is 0 Å². The van der Waals surface area contributed by atoms with Crippen LogP contribution in [0.5, 0.6) is 0 Å². The zero-order valence-corrected chi connectivity index (χ0v) is 13.4. The van der Waals surface area contributed by atoms with Crippen LogP contribution in [0.15, 0.2) is 0 Å². The summed E-state index contributed by atoms with van der Waals surface area (Å²) in [4.78, 5) is 27.1. The molecular formula is C14H25N3O3S. The lowest BCUT2D eigenvalue weighted by Gasteiger charge is -2.33. The topological polar surface area (TPSA) is 72.9 Å². The molecule has 2 rings (SSSR count). The van der Waals surface area contributed by atoms with Gasteiger partial charge in [-0.15, -0.1) is 0 Å². The van der Waals surface area contributed by atoms with E-state index in [0.717, 1.165) is 12.3 Å². The molecule has 1 heterocycles. The van der Waals surface area contributed by atoms with E-state index in [1.54, 1.807) is 11.8 Å². The summed E-state index contributed by atoms with van der Waals surface area (Å²) in [5.41, 5.74) is 0. The molecule has 1 aliphatic heterocycles. The van der Waals surface area contributed by atoms with Gasteiger partial charge in [-0.25, -0.2) is 9.59 Å². The molecule has 7 heteroatoms. The van der Waals surface area contributed by atoms with Gasteiger partial charge in [-0.05, 0) is 19.9 Å². The smallest absolute Gasteiger partial charge is 0.327 e. The van der Waals surface area contributed by atoms with E-state index in [4.69, 9.17) is 0 Å². The van der Waals surface area contributed by atoms with Gasteiger partial charge >= 0.3 is 12.0 Å². The van der Waals surface area contributed by atoms with Gasteiger partial charge in [-0.3, -0.25) is 0 Å². The van der Waals surface area contributed by atoms with Crippen molar-refractivity contribution in [2.45, 2.75) is 37.8 Å². The predicted molar refractivity (Wildman–Crippen MR) is 83.7 cm³/mol. The molecule has 0 aromatic carbocycles. The standard InChI is InChI=1S/C14H25N3O3S/c1-16(11-4-2-3-5-11)7-6-15-14(20)17-8-9-21-10-12(17)13(18)19/h11-12H,2-10H2,1H3,(H,15,20)(H,18,19). The number of amides is 2. The molecule has 2 N–H and O–H groups in total. The molecule has 6 nitrogen and oxygen atoms in total. The molecule has 1 aliphatic carbocycles. The molecule has 0 spiro atoms. The molecule has 1 unspecified atom stereocenters. The highest BCUT2D eigenvalue weighted by Crippen LogP contribution is 2.22. The molecule has 21 heavy (non-hydrogen) atoms. The van der Waals surface area contributed by atoms with Gasteiger partial charge in [-0.2, -0.15) is 11.8 Å². The Morgan fingerprint density at radius 1 is 1.38 bits per heavy atom. The van der Waals surface area contributed by atoms with Crippen LogP contribution in [0.4, 0.5) is 4.79 Å². The Hall–Kier alpha value is -0.950. The molecular weight excluding hydrogens is 290 g/mol. The van der Waals surface area contributed by atoms with Gasteiger partial charge in [0.1, 0.15) is 6.04 Å². The first-order chi connectivity index (χ1) is 10.1. The lowest BCUT2D eigenvalue weighted by molar-refractivity contribution is -0.141. The number of carbonyl (C=O) groups excluding carboxylic acids is 1. The highest BCUT2D eigenvalue weighted by atomic mass is 32.2. The first-order valence-electron chi connectivity index (χ1n) is 7.65. The number of carboxylic acids is 1. The van der Waals surface area contributed by atoms with Crippen molar-refractivity contribution in [2.24, 2.45) is 0 Å². The molecule has 1 atom stereocenters. The van der Waals surface area contributed by atoms with Crippen LogP contribution in [0.1, 0.15) is 25.7 Å². The molecule has 0 aromatic heterocycles. The Kier molecular flexibility index (Phi) is 6.17. The van der Waals surface area contributed by atoms with Crippen LogP contribution in [0, 0.1) is 0 Å². The van der Waals surface area contributed by atoms with Crippen molar-refractivity contribution in [3.8, 4) is 0 Å². The number of hydrogen-bond acceptors (Lipinski definition) is 4. The number of thioether (sulfide) groups is 1. The molecule has 2 aliphatic rings. The van der Waals surface area contributed by atoms with Crippen LogP contribution in [0.2, 0.25) is 0 Å². The monoisotopic (exact) mass is 315 g/mol. The zero-order chi connectivity index (χ0) is 15.2. The van der Waals surface area contributed by atoms with Gasteiger partial charge in [0.2, 0.25) is 0 Å². The van der Waals surface area contributed by atoms with Crippen molar-refractivity contribution in [3.05, 3.63) is 0 Å². The van der Waals surface area contributed by atoms with Crippen LogP contribution in [-0.4, -0.2) is 77.2 Å². The maximum Gasteiger partial charge on any atom is 0.327 e. The van der Waals surface area contributed by atoms with Crippen LogP contribution in [0.3, 0.4) is 0 Å². The van der Waals surface area contributed by atoms with E-state index in [0.29, 0.717) is 24.9 Å². The van der Waals surface area contributed by atoms with E-state index in [9.17, 15) is 14.7 Å². The number of hydrogen-bond donors (Lipinski definition) is 2. The predicted octanol–water partition coefficient (Wildman–Crippen LogP) is 1.07. The first-order valence-corrected chi connectivity index (χ1v) is 8.80. The maximum absolute atomic E-state index is 12.1. The SMILES string of the molecule is CN(CCNC(=O)N1CCSCC1C(=O)O)C1CCCC1. The third-order valence-corrected chi connectivity index (χ3v) is 5.39. The molecule has 1 saturated carbocycles. The largest absolute Gasteiger partial charge is 0.480 e. The Morgan fingerprint density at radius 3 is 2.76 bits per heavy atom. The zero-order valence-electron chi connectivity index (χ0n) is 12.6. The summed E-state index contributed by atoms with van der Waals surface area (Å²) in [6.45, 7) is 1.89. The number of urea groups is 1. The maximum atomic E-state index is 12.1. The molecule has 0 aromatic rings. The van der Waals surface area contributed by atoms with E-state index in [1.807, 2.05) is 0 Å². The van der Waals surface area contributed by atoms with Gasteiger partial charge in [0.05, 0.1) is 0 Å². The van der Waals surface area contributed by atoms with Gasteiger partial charge < -0.3 is 20.2 Å². The fraction of sp³-hybridized carbons (Fsp3) is 0.857. The fourth-order valence-electron chi connectivity index (χ4n) is 3.02. The third-order valence-electron chi connectivity index (χ3n) is 4.36. The number of nitrogens with one attached hydrogen (secondary N) is 1. The summed E-state index contributed by atoms with van der Waals surface area (Å²) < 4.78 is 0. The van der Waals surface area contributed by atoms with Crippen molar-refractivity contribution in [1.82, 2.24) is 15.1 Å². The van der Waals surface area contributed by atoms with Crippen LogP contribution >= 0.6 is 11.8 Å². The first kappa shape index (κ1) is 16.4. The number of aliphatic carboxylic acids is 1. The second-order valence-electron chi connectivity index (χ2n) is 5.77. The molecule has 2 fully saturated rings. The number of likely N-dealkylation sites (N-methyl/N-ethyl adjacent to an activating group) is 1. The van der Waals surface area contributed by atoms with Crippen molar-refractivity contribution >= 4 is 23.8 Å². The van der Waals surface area contributed by atoms with E-state index in [2.05, 4.69) is 17.3 Å². The Morgan fingerprint density at radius 2 is 2.10 bits per heavy atom. The molecule has 120 valence electrons. The van der Waals surface area contributed by atoms with E-state index in [1.165, 1.54) is 30.6 Å². The normalized spacial score (nSPS) is 23.5. The minimum Gasteiger partial charge on any atom is -0.480 e. The van der Waals surface area contributed by atoms with E-state index in [-0.39, 0.29) is 6.03 Å². The van der Waals surface area contributed by atoms with E-state index < -0.39 is 12.0 Å². The molecule has 1 saturated heterocycles. The second-order valence-corrected chi connectivity index (χ2v) is 6.92. The van der Waals surface area contributed by atoms with Crippen LogP contribution < -0.4 is 5.32 Å². The lowest BCUT2D eigenvalue weighted by atomic mass is 10.2. The quantitative estimate of drug-likeness (QED) is 0.794. The van der Waals surface area contributed by atoms with Crippen LogP contribution in [0.25, 0.3) is 0 Å². The Bertz CT molecular complexity index is 374. The minimum absolute atomic E-state index is 0.248. The average molecular weight is 315 g/mol. The van der Waals surface area contributed by atoms with E-state index >= 15 is 0 Å². The molecule has 0 bridgehead atoms. The highest BCUT2D eigenvalue weighted by molar-refractivity contribution is 7.99. The number of carboxylic acid groups (broad SMARTS) is 1. The highest BCUT2D eigenvalue weighted by Gasteiger charge is 2.32. The number of rotatable bonds is 5. The second kappa shape index (κ2) is 7.89. The van der Waals surface area contributed by atoms with Crippen molar-refractivity contribution in [2.75, 3.05) is 38.2 Å². The lowest BCUT2D eigenvalue weighted by Crippen LogP contribution is -2.54. The van der Waals surface area contributed by atoms with Crippen molar-refractivity contribution < 1.29 is 14.7 Å². The van der Waals surface area contributed by atoms with Crippen LogP contribution in [-0.2, 0) is 4.79 Å². The average Bonchev–Trinajstić information content (AvgIpc) is 3.01. The fourth-order valence-corrected chi connectivity index (χ4v) is 4.06. The molecule has 0 radical (unpaired) electrons. The third kappa shape index (κ3) is 4.51.